The number of amides is 2. The highest BCUT2D eigenvalue weighted by Gasteiger charge is 2.41. The van der Waals surface area contributed by atoms with Gasteiger partial charge in [-0.05, 0) is 38.0 Å². The van der Waals surface area contributed by atoms with E-state index in [-0.39, 0.29) is 18.2 Å². The third-order valence-corrected chi connectivity index (χ3v) is 4.74. The summed E-state index contributed by atoms with van der Waals surface area (Å²) in [4.78, 5) is 14.4. The SMILES string of the molecule is COCC1CCCN(C(=O)NC2CCOC2C2CC2)C1. The first-order valence-electron chi connectivity index (χ1n) is 7.94. The summed E-state index contributed by atoms with van der Waals surface area (Å²) in [5, 5.41) is 3.20. The zero-order chi connectivity index (χ0) is 13.9. The molecule has 3 atom stereocenters. The average Bonchev–Trinajstić information content (AvgIpc) is 3.20. The Morgan fingerprint density at radius 2 is 2.20 bits per heavy atom. The van der Waals surface area contributed by atoms with E-state index in [2.05, 4.69) is 5.32 Å². The molecule has 0 radical (unpaired) electrons. The van der Waals surface area contributed by atoms with Crippen molar-refractivity contribution in [1.29, 1.82) is 0 Å². The van der Waals surface area contributed by atoms with E-state index in [1.54, 1.807) is 7.11 Å². The molecule has 114 valence electrons. The lowest BCUT2D eigenvalue weighted by Gasteiger charge is -2.33. The van der Waals surface area contributed by atoms with Crippen molar-refractivity contribution < 1.29 is 14.3 Å². The first-order valence-corrected chi connectivity index (χ1v) is 7.94. The van der Waals surface area contributed by atoms with Crippen molar-refractivity contribution in [3.05, 3.63) is 0 Å². The maximum atomic E-state index is 12.4. The molecule has 20 heavy (non-hydrogen) atoms. The standard InChI is InChI=1S/C15H26N2O3/c1-19-10-11-3-2-7-17(9-11)15(18)16-13-6-8-20-14(13)12-4-5-12/h11-14H,2-10H2,1H3,(H,16,18). The summed E-state index contributed by atoms with van der Waals surface area (Å²) >= 11 is 0. The number of hydrogen-bond donors (Lipinski definition) is 1. The molecule has 3 aliphatic rings. The fourth-order valence-corrected chi connectivity index (χ4v) is 3.53. The summed E-state index contributed by atoms with van der Waals surface area (Å²) in [7, 11) is 1.73. The molecule has 2 saturated heterocycles. The van der Waals surface area contributed by atoms with Gasteiger partial charge in [0.1, 0.15) is 0 Å². The van der Waals surface area contributed by atoms with Crippen LogP contribution in [0.25, 0.3) is 0 Å². The molecule has 1 aliphatic carbocycles. The number of rotatable bonds is 4. The van der Waals surface area contributed by atoms with Crippen LogP contribution >= 0.6 is 0 Å². The van der Waals surface area contributed by atoms with Gasteiger partial charge in [-0.3, -0.25) is 0 Å². The summed E-state index contributed by atoms with van der Waals surface area (Å²) in [5.41, 5.74) is 0. The molecule has 2 amide bonds. The summed E-state index contributed by atoms with van der Waals surface area (Å²) in [6, 6.07) is 0.310. The predicted molar refractivity (Wildman–Crippen MR) is 75.6 cm³/mol. The zero-order valence-corrected chi connectivity index (χ0v) is 12.3. The largest absolute Gasteiger partial charge is 0.384 e. The monoisotopic (exact) mass is 282 g/mol. The molecule has 3 unspecified atom stereocenters. The van der Waals surface area contributed by atoms with Gasteiger partial charge in [0.15, 0.2) is 0 Å². The Bertz CT molecular complexity index is 344. The molecule has 1 N–H and O–H groups in total. The van der Waals surface area contributed by atoms with Gasteiger partial charge in [-0.2, -0.15) is 0 Å². The van der Waals surface area contributed by atoms with Gasteiger partial charge >= 0.3 is 6.03 Å². The van der Waals surface area contributed by atoms with E-state index in [0.29, 0.717) is 11.8 Å². The number of hydrogen-bond acceptors (Lipinski definition) is 3. The van der Waals surface area contributed by atoms with Crippen molar-refractivity contribution in [1.82, 2.24) is 10.2 Å². The number of nitrogens with one attached hydrogen (secondary N) is 1. The smallest absolute Gasteiger partial charge is 0.317 e. The molecule has 5 nitrogen and oxygen atoms in total. The predicted octanol–water partition coefficient (Wildman–Crippen LogP) is 1.62. The number of piperidine rings is 1. The molecule has 0 aromatic carbocycles. The lowest BCUT2D eigenvalue weighted by atomic mass is 9.99. The van der Waals surface area contributed by atoms with Crippen LogP contribution in [-0.2, 0) is 9.47 Å². The molecule has 1 saturated carbocycles. The van der Waals surface area contributed by atoms with Crippen LogP contribution in [0.1, 0.15) is 32.1 Å². The summed E-state index contributed by atoms with van der Waals surface area (Å²) in [6.07, 6.45) is 5.98. The maximum absolute atomic E-state index is 12.4. The quantitative estimate of drug-likeness (QED) is 0.852. The zero-order valence-electron chi connectivity index (χ0n) is 12.3. The maximum Gasteiger partial charge on any atom is 0.317 e. The Hall–Kier alpha value is -0.810. The summed E-state index contributed by atoms with van der Waals surface area (Å²) < 4.78 is 11.0. The van der Waals surface area contributed by atoms with Gasteiger partial charge in [-0.15, -0.1) is 0 Å². The van der Waals surface area contributed by atoms with E-state index in [9.17, 15) is 4.79 Å². The Kier molecular flexibility index (Phi) is 4.46. The fourth-order valence-electron chi connectivity index (χ4n) is 3.53. The van der Waals surface area contributed by atoms with Crippen molar-refractivity contribution in [3.8, 4) is 0 Å². The highest BCUT2D eigenvalue weighted by molar-refractivity contribution is 5.74. The molecule has 2 heterocycles. The van der Waals surface area contributed by atoms with Crippen molar-refractivity contribution in [2.45, 2.75) is 44.2 Å². The molecule has 0 spiro atoms. The second-order valence-corrected chi connectivity index (χ2v) is 6.43. The minimum Gasteiger partial charge on any atom is -0.384 e. The first-order chi connectivity index (χ1) is 9.78. The van der Waals surface area contributed by atoms with E-state index < -0.39 is 0 Å². The number of carbonyl (C=O) groups is 1. The minimum atomic E-state index is 0.0898. The van der Waals surface area contributed by atoms with E-state index in [1.165, 1.54) is 12.8 Å². The van der Waals surface area contributed by atoms with E-state index in [4.69, 9.17) is 9.47 Å². The molecule has 0 aromatic heterocycles. The Morgan fingerprint density at radius 3 is 2.95 bits per heavy atom. The highest BCUT2D eigenvalue weighted by atomic mass is 16.5. The van der Waals surface area contributed by atoms with Gasteiger partial charge < -0.3 is 19.7 Å². The lowest BCUT2D eigenvalue weighted by molar-refractivity contribution is 0.0769. The van der Waals surface area contributed by atoms with Gasteiger partial charge in [-0.25, -0.2) is 4.79 Å². The average molecular weight is 282 g/mol. The highest BCUT2D eigenvalue weighted by Crippen LogP contribution is 2.38. The lowest BCUT2D eigenvalue weighted by Crippen LogP contribution is -2.51. The normalized spacial score (nSPS) is 34.2. The molecule has 0 bridgehead atoms. The van der Waals surface area contributed by atoms with Crippen LogP contribution in [0.5, 0.6) is 0 Å². The second-order valence-electron chi connectivity index (χ2n) is 6.43. The van der Waals surface area contributed by atoms with Crippen LogP contribution in [0.15, 0.2) is 0 Å². The third-order valence-electron chi connectivity index (χ3n) is 4.74. The van der Waals surface area contributed by atoms with Crippen molar-refractivity contribution in [2.75, 3.05) is 33.4 Å². The molecular weight excluding hydrogens is 256 g/mol. The van der Waals surface area contributed by atoms with Crippen LogP contribution in [-0.4, -0.2) is 56.5 Å². The molecule has 2 aliphatic heterocycles. The van der Waals surface area contributed by atoms with E-state index >= 15 is 0 Å². The molecule has 3 rings (SSSR count). The van der Waals surface area contributed by atoms with Crippen molar-refractivity contribution in [2.24, 2.45) is 11.8 Å². The molecule has 5 heteroatoms. The number of likely N-dealkylation sites (tertiary alicyclic amines) is 1. The summed E-state index contributed by atoms with van der Waals surface area (Å²) in [5.74, 6) is 1.17. The topological polar surface area (TPSA) is 50.8 Å². The van der Waals surface area contributed by atoms with Gasteiger partial charge in [0.05, 0.1) is 18.8 Å². The van der Waals surface area contributed by atoms with Gasteiger partial charge in [0.2, 0.25) is 0 Å². The third kappa shape index (κ3) is 3.26. The molecule has 3 fully saturated rings. The van der Waals surface area contributed by atoms with Crippen LogP contribution in [0.2, 0.25) is 0 Å². The number of ether oxygens (including phenoxy) is 2. The van der Waals surface area contributed by atoms with Crippen LogP contribution < -0.4 is 5.32 Å². The number of methoxy groups -OCH3 is 1. The number of carbonyl (C=O) groups excluding carboxylic acids is 1. The number of nitrogens with zero attached hydrogens (tertiary/aromatic N) is 1. The van der Waals surface area contributed by atoms with Crippen LogP contribution in [0.4, 0.5) is 4.79 Å². The van der Waals surface area contributed by atoms with Crippen molar-refractivity contribution >= 4 is 6.03 Å². The molecular formula is C15H26N2O3. The first kappa shape index (κ1) is 14.1. The van der Waals surface area contributed by atoms with Gasteiger partial charge in [0, 0.05) is 32.7 Å². The summed E-state index contributed by atoms with van der Waals surface area (Å²) in [6.45, 7) is 3.23. The number of urea groups is 1. The van der Waals surface area contributed by atoms with Gasteiger partial charge in [-0.1, -0.05) is 0 Å². The van der Waals surface area contributed by atoms with E-state index in [0.717, 1.165) is 45.6 Å². The van der Waals surface area contributed by atoms with Crippen molar-refractivity contribution in [3.63, 3.8) is 0 Å². The molecule has 0 aromatic rings. The second kappa shape index (κ2) is 6.31. The fraction of sp³-hybridized carbons (Fsp3) is 0.933. The van der Waals surface area contributed by atoms with Crippen LogP contribution in [0, 0.1) is 11.8 Å². The Balaban J connectivity index is 1.50. The van der Waals surface area contributed by atoms with Crippen LogP contribution in [0.3, 0.4) is 0 Å². The van der Waals surface area contributed by atoms with Gasteiger partial charge in [0.25, 0.3) is 0 Å². The van der Waals surface area contributed by atoms with E-state index in [1.807, 2.05) is 4.90 Å². The Labute approximate surface area is 121 Å². The Morgan fingerprint density at radius 1 is 1.35 bits per heavy atom. The minimum absolute atomic E-state index is 0.0898.